The Morgan fingerprint density at radius 3 is 3.07 bits per heavy atom. The third kappa shape index (κ3) is 2.95. The van der Waals surface area contributed by atoms with Crippen LogP contribution in [0.4, 0.5) is 10.2 Å². The number of anilines is 1. The molecule has 1 aromatic rings. The van der Waals surface area contributed by atoms with E-state index in [1.54, 1.807) is 0 Å². The second-order valence-corrected chi connectivity index (χ2v) is 3.33. The largest absolute Gasteiger partial charge is 0.468 e. The van der Waals surface area contributed by atoms with E-state index in [-0.39, 0.29) is 12.4 Å². The summed E-state index contributed by atoms with van der Waals surface area (Å²) in [7, 11) is 1.26. The SMILES string of the molecule is COC(=O)CNc1ncc(Br)cc1F. The maximum absolute atomic E-state index is 13.1. The molecule has 6 heteroatoms. The van der Waals surface area contributed by atoms with Crippen LogP contribution in [0.5, 0.6) is 0 Å². The average Bonchev–Trinajstić information content (AvgIpc) is 2.16. The highest BCUT2D eigenvalue weighted by Crippen LogP contribution is 2.15. The van der Waals surface area contributed by atoms with Gasteiger partial charge in [-0.1, -0.05) is 0 Å². The Hall–Kier alpha value is -1.17. The van der Waals surface area contributed by atoms with Crippen molar-refractivity contribution >= 4 is 27.7 Å². The molecule has 0 aliphatic rings. The normalized spacial score (nSPS) is 9.64. The molecule has 0 saturated carbocycles. The predicted molar refractivity (Wildman–Crippen MR) is 52.4 cm³/mol. The third-order valence-corrected chi connectivity index (χ3v) is 1.87. The first-order valence-electron chi connectivity index (χ1n) is 3.75. The van der Waals surface area contributed by atoms with Gasteiger partial charge < -0.3 is 10.1 Å². The number of pyridine rings is 1. The Bertz CT molecular complexity index is 346. The predicted octanol–water partition coefficient (Wildman–Crippen LogP) is 1.57. The average molecular weight is 263 g/mol. The highest BCUT2D eigenvalue weighted by molar-refractivity contribution is 9.10. The zero-order chi connectivity index (χ0) is 10.6. The number of carbonyl (C=O) groups is 1. The van der Waals surface area contributed by atoms with Gasteiger partial charge in [-0.3, -0.25) is 4.79 Å². The lowest BCUT2D eigenvalue weighted by atomic mass is 10.4. The molecular weight excluding hydrogens is 255 g/mol. The number of nitrogens with zero attached hydrogens (tertiary/aromatic N) is 1. The molecule has 0 saturated heterocycles. The maximum atomic E-state index is 13.1. The number of rotatable bonds is 3. The molecule has 0 aliphatic heterocycles. The van der Waals surface area contributed by atoms with Crippen molar-refractivity contribution in [1.82, 2.24) is 4.98 Å². The lowest BCUT2D eigenvalue weighted by Gasteiger charge is -2.04. The number of aromatic nitrogens is 1. The van der Waals surface area contributed by atoms with E-state index in [2.05, 4.69) is 31.0 Å². The van der Waals surface area contributed by atoms with Gasteiger partial charge in [-0.05, 0) is 22.0 Å². The molecule has 0 amide bonds. The van der Waals surface area contributed by atoms with Crippen LogP contribution in [0.15, 0.2) is 16.7 Å². The van der Waals surface area contributed by atoms with Crippen LogP contribution < -0.4 is 5.32 Å². The van der Waals surface area contributed by atoms with E-state index in [0.29, 0.717) is 4.47 Å². The summed E-state index contributed by atoms with van der Waals surface area (Å²) < 4.78 is 18.0. The summed E-state index contributed by atoms with van der Waals surface area (Å²) in [6, 6.07) is 1.26. The highest BCUT2D eigenvalue weighted by atomic mass is 79.9. The first-order valence-corrected chi connectivity index (χ1v) is 4.54. The van der Waals surface area contributed by atoms with Crippen LogP contribution >= 0.6 is 15.9 Å². The molecule has 1 heterocycles. The number of nitrogens with one attached hydrogen (secondary N) is 1. The van der Waals surface area contributed by atoms with E-state index in [0.717, 1.165) is 0 Å². The molecule has 76 valence electrons. The number of esters is 1. The topological polar surface area (TPSA) is 51.2 Å². The molecule has 4 nitrogen and oxygen atoms in total. The molecule has 0 fully saturated rings. The zero-order valence-corrected chi connectivity index (χ0v) is 8.97. The molecule has 1 rings (SSSR count). The number of methoxy groups -OCH3 is 1. The van der Waals surface area contributed by atoms with Crippen LogP contribution in [-0.4, -0.2) is 24.6 Å². The summed E-state index contributed by atoms with van der Waals surface area (Å²) in [6.45, 7) is -0.109. The molecule has 14 heavy (non-hydrogen) atoms. The van der Waals surface area contributed by atoms with Crippen molar-refractivity contribution in [2.75, 3.05) is 19.0 Å². The minimum atomic E-state index is -0.525. The second kappa shape index (κ2) is 4.90. The van der Waals surface area contributed by atoms with Gasteiger partial charge in [0.15, 0.2) is 11.6 Å². The Labute approximate surface area is 88.6 Å². The maximum Gasteiger partial charge on any atom is 0.325 e. The van der Waals surface area contributed by atoms with E-state index in [9.17, 15) is 9.18 Å². The highest BCUT2D eigenvalue weighted by Gasteiger charge is 2.06. The second-order valence-electron chi connectivity index (χ2n) is 2.41. The number of hydrogen-bond acceptors (Lipinski definition) is 4. The van der Waals surface area contributed by atoms with E-state index in [1.165, 1.54) is 19.4 Å². The number of hydrogen-bond donors (Lipinski definition) is 1. The molecule has 0 radical (unpaired) electrons. The molecule has 0 aromatic carbocycles. The molecule has 1 aromatic heterocycles. The summed E-state index contributed by atoms with van der Waals surface area (Å²) in [6.07, 6.45) is 1.43. The zero-order valence-electron chi connectivity index (χ0n) is 7.38. The van der Waals surface area contributed by atoms with Crippen LogP contribution in [0.2, 0.25) is 0 Å². The molecule has 1 N–H and O–H groups in total. The lowest BCUT2D eigenvalue weighted by molar-refractivity contribution is -0.138. The van der Waals surface area contributed by atoms with Gasteiger partial charge in [-0.2, -0.15) is 0 Å². The summed E-state index contributed by atoms with van der Waals surface area (Å²) in [5.74, 6) is -0.976. The van der Waals surface area contributed by atoms with Crippen LogP contribution in [-0.2, 0) is 9.53 Å². The Morgan fingerprint density at radius 1 is 1.79 bits per heavy atom. The van der Waals surface area contributed by atoms with Gasteiger partial charge in [0.05, 0.1) is 7.11 Å². The van der Waals surface area contributed by atoms with Crippen LogP contribution in [0, 0.1) is 5.82 Å². The lowest BCUT2D eigenvalue weighted by Crippen LogP contribution is -2.16. The minimum absolute atomic E-state index is 0.0265. The number of carbonyl (C=O) groups excluding carboxylic acids is 1. The van der Waals surface area contributed by atoms with Gasteiger partial charge in [0.1, 0.15) is 6.54 Å². The fraction of sp³-hybridized carbons (Fsp3) is 0.250. The monoisotopic (exact) mass is 262 g/mol. The fourth-order valence-electron chi connectivity index (χ4n) is 0.773. The summed E-state index contributed by atoms with van der Waals surface area (Å²) >= 11 is 3.07. The molecule has 0 spiro atoms. The van der Waals surface area contributed by atoms with Crippen molar-refractivity contribution in [2.24, 2.45) is 0 Å². The van der Waals surface area contributed by atoms with Crippen molar-refractivity contribution < 1.29 is 13.9 Å². The molecule has 0 unspecified atom stereocenters. The smallest absolute Gasteiger partial charge is 0.325 e. The van der Waals surface area contributed by atoms with Crippen molar-refractivity contribution in [3.8, 4) is 0 Å². The van der Waals surface area contributed by atoms with Crippen LogP contribution in [0.25, 0.3) is 0 Å². The minimum Gasteiger partial charge on any atom is -0.468 e. The van der Waals surface area contributed by atoms with Crippen molar-refractivity contribution in [3.05, 3.63) is 22.6 Å². The van der Waals surface area contributed by atoms with E-state index in [4.69, 9.17) is 0 Å². The standard InChI is InChI=1S/C8H8BrFN2O2/c1-14-7(13)4-12-8-6(10)2-5(9)3-11-8/h2-3H,4H2,1H3,(H,11,12). The third-order valence-electron chi connectivity index (χ3n) is 1.44. The van der Waals surface area contributed by atoms with Gasteiger partial charge >= 0.3 is 5.97 Å². The van der Waals surface area contributed by atoms with E-state index < -0.39 is 11.8 Å². The van der Waals surface area contributed by atoms with Gasteiger partial charge in [0.25, 0.3) is 0 Å². The molecule has 0 atom stereocenters. The van der Waals surface area contributed by atoms with Gasteiger partial charge in [0, 0.05) is 10.7 Å². The van der Waals surface area contributed by atoms with Crippen molar-refractivity contribution in [1.29, 1.82) is 0 Å². The van der Waals surface area contributed by atoms with Gasteiger partial charge in [-0.15, -0.1) is 0 Å². The van der Waals surface area contributed by atoms with Crippen molar-refractivity contribution in [3.63, 3.8) is 0 Å². The quantitative estimate of drug-likeness (QED) is 0.841. The van der Waals surface area contributed by atoms with Crippen LogP contribution in [0.1, 0.15) is 0 Å². The summed E-state index contributed by atoms with van der Waals surface area (Å²) in [5, 5.41) is 2.51. The molecular formula is C8H8BrFN2O2. The fourth-order valence-corrected chi connectivity index (χ4v) is 1.08. The first kappa shape index (κ1) is 10.9. The Kier molecular flexibility index (Phi) is 3.82. The van der Waals surface area contributed by atoms with E-state index >= 15 is 0 Å². The Balaban J connectivity index is 2.63. The molecule has 0 bridgehead atoms. The number of ether oxygens (including phenoxy) is 1. The number of halogens is 2. The van der Waals surface area contributed by atoms with Crippen molar-refractivity contribution in [2.45, 2.75) is 0 Å². The van der Waals surface area contributed by atoms with Crippen LogP contribution in [0.3, 0.4) is 0 Å². The molecule has 0 aliphatic carbocycles. The summed E-state index contributed by atoms with van der Waals surface area (Å²) in [5.41, 5.74) is 0. The van der Waals surface area contributed by atoms with Gasteiger partial charge in [-0.25, -0.2) is 9.37 Å². The Morgan fingerprint density at radius 2 is 2.50 bits per heavy atom. The van der Waals surface area contributed by atoms with Gasteiger partial charge in [0.2, 0.25) is 0 Å². The van der Waals surface area contributed by atoms with E-state index in [1.807, 2.05) is 0 Å². The first-order chi connectivity index (χ1) is 6.63. The summed E-state index contributed by atoms with van der Waals surface area (Å²) in [4.78, 5) is 14.5.